The summed E-state index contributed by atoms with van der Waals surface area (Å²) in [5.41, 5.74) is 0.0806. The van der Waals surface area contributed by atoms with Crippen molar-refractivity contribution in [3.63, 3.8) is 0 Å². The zero-order chi connectivity index (χ0) is 21.6. The topological polar surface area (TPSA) is 122 Å². The van der Waals surface area contributed by atoms with Crippen molar-refractivity contribution in [2.45, 2.75) is 57.9 Å². The molecule has 0 aliphatic carbocycles. The number of carbonyl (C=O) groups excluding carboxylic acids is 3. The van der Waals surface area contributed by atoms with Crippen LogP contribution in [0.2, 0.25) is 0 Å². The summed E-state index contributed by atoms with van der Waals surface area (Å²) in [6.45, 7) is 4.85. The zero-order valence-electron chi connectivity index (χ0n) is 16.7. The number of nitrogens with zero attached hydrogens (tertiary/aromatic N) is 1. The van der Waals surface area contributed by atoms with Crippen molar-refractivity contribution in [3.8, 4) is 0 Å². The van der Waals surface area contributed by atoms with E-state index < -0.39 is 41.6 Å². The second kappa shape index (κ2) is 9.40. The minimum Gasteiger partial charge on any atom is -0.481 e. The van der Waals surface area contributed by atoms with E-state index >= 15 is 0 Å². The third-order valence-corrected chi connectivity index (χ3v) is 4.19. The van der Waals surface area contributed by atoms with Gasteiger partial charge in [-0.05, 0) is 32.8 Å². The van der Waals surface area contributed by atoms with Gasteiger partial charge in [-0.2, -0.15) is 0 Å². The lowest BCUT2D eigenvalue weighted by atomic mass is 9.91. The van der Waals surface area contributed by atoms with Gasteiger partial charge in [-0.15, -0.1) is 0 Å². The number of rotatable bonds is 8. The Bertz CT molecular complexity index is 758. The molecule has 0 saturated carbocycles. The Morgan fingerprint density at radius 2 is 1.83 bits per heavy atom. The van der Waals surface area contributed by atoms with Crippen molar-refractivity contribution < 1.29 is 33.8 Å². The number of esters is 1. The molecule has 9 heteroatoms. The third-order valence-electron chi connectivity index (χ3n) is 4.19. The Morgan fingerprint density at radius 3 is 2.41 bits per heavy atom. The van der Waals surface area contributed by atoms with Gasteiger partial charge in [0.1, 0.15) is 24.8 Å². The van der Waals surface area contributed by atoms with Crippen molar-refractivity contribution in [1.29, 1.82) is 0 Å². The van der Waals surface area contributed by atoms with E-state index in [0.29, 0.717) is 0 Å². The van der Waals surface area contributed by atoms with Crippen LogP contribution in [0.3, 0.4) is 0 Å². The van der Waals surface area contributed by atoms with E-state index in [4.69, 9.17) is 14.6 Å². The van der Waals surface area contributed by atoms with Gasteiger partial charge < -0.3 is 24.8 Å². The number of carboxylic acid groups (broad SMARTS) is 1. The Hall–Kier alpha value is -3.10. The molecular formula is C20H26N2O7. The quantitative estimate of drug-likeness (QED) is 0.498. The predicted octanol–water partition coefficient (Wildman–Crippen LogP) is 1.70. The number of β-lactam (4-membered cyclic amide) rings is 1. The second-order valence-corrected chi connectivity index (χ2v) is 7.74. The molecule has 1 aliphatic rings. The van der Waals surface area contributed by atoms with Crippen LogP contribution in [0.1, 0.15) is 39.2 Å². The number of hydrogen-bond donors (Lipinski definition) is 2. The summed E-state index contributed by atoms with van der Waals surface area (Å²) in [6, 6.07) is 7.46. The molecule has 1 aromatic carbocycles. The van der Waals surface area contributed by atoms with Crippen LogP contribution in [0.5, 0.6) is 0 Å². The summed E-state index contributed by atoms with van der Waals surface area (Å²) in [6.07, 6.45) is -0.905. The number of hydrogen-bond acceptors (Lipinski definition) is 6. The lowest BCUT2D eigenvalue weighted by molar-refractivity contribution is -0.167. The zero-order valence-corrected chi connectivity index (χ0v) is 16.7. The number of nitrogens with one attached hydrogen (secondary N) is 1. The first kappa shape index (κ1) is 22.2. The Balaban J connectivity index is 1.94. The average molecular weight is 406 g/mol. The summed E-state index contributed by atoms with van der Waals surface area (Å²) in [5, 5.41) is 11.4. The molecule has 1 aliphatic heterocycles. The van der Waals surface area contributed by atoms with Crippen LogP contribution < -0.4 is 5.32 Å². The van der Waals surface area contributed by atoms with Gasteiger partial charge in [0.05, 0.1) is 6.04 Å². The molecule has 1 saturated heterocycles. The number of carboxylic acids is 1. The van der Waals surface area contributed by atoms with E-state index in [1.54, 1.807) is 32.9 Å². The summed E-state index contributed by atoms with van der Waals surface area (Å²) < 4.78 is 10.3. The molecule has 2 unspecified atom stereocenters. The number of aliphatic carboxylic acids is 1. The van der Waals surface area contributed by atoms with E-state index in [1.807, 2.05) is 18.2 Å². The lowest BCUT2D eigenvalue weighted by Crippen LogP contribution is -2.71. The molecule has 29 heavy (non-hydrogen) atoms. The molecule has 2 amide bonds. The number of carbonyl (C=O) groups is 4. The van der Waals surface area contributed by atoms with Gasteiger partial charge >= 0.3 is 18.0 Å². The molecule has 0 bridgehead atoms. The third kappa shape index (κ3) is 6.78. The first-order chi connectivity index (χ1) is 13.6. The molecule has 9 nitrogen and oxygen atoms in total. The summed E-state index contributed by atoms with van der Waals surface area (Å²) in [7, 11) is 0. The average Bonchev–Trinajstić information content (AvgIpc) is 2.63. The van der Waals surface area contributed by atoms with Crippen LogP contribution >= 0.6 is 0 Å². The SMILES string of the molecule is CC(C)(C)OC(=O)CN1C(=O)C(NC(=O)OCc2ccccc2)C1CCC(=O)O. The molecule has 2 N–H and O–H groups in total. The molecule has 158 valence electrons. The van der Waals surface area contributed by atoms with Gasteiger partial charge in [0.25, 0.3) is 0 Å². The predicted molar refractivity (Wildman–Crippen MR) is 102 cm³/mol. The molecule has 0 radical (unpaired) electrons. The van der Waals surface area contributed by atoms with Gasteiger partial charge in [-0.25, -0.2) is 4.79 Å². The highest BCUT2D eigenvalue weighted by Gasteiger charge is 2.49. The molecule has 2 rings (SSSR count). The van der Waals surface area contributed by atoms with Crippen molar-refractivity contribution in [2.75, 3.05) is 6.54 Å². The van der Waals surface area contributed by atoms with E-state index in [-0.39, 0.29) is 26.0 Å². The standard InChI is InChI=1S/C20H26N2O7/c1-20(2,3)29-16(25)11-22-14(9-10-15(23)24)17(18(22)26)21-19(27)28-12-13-7-5-4-6-8-13/h4-8,14,17H,9-12H2,1-3H3,(H,21,27)(H,23,24). The van der Waals surface area contributed by atoms with Crippen molar-refractivity contribution >= 4 is 23.9 Å². The van der Waals surface area contributed by atoms with Crippen molar-refractivity contribution in [2.24, 2.45) is 0 Å². The van der Waals surface area contributed by atoms with Crippen LogP contribution in [0.15, 0.2) is 30.3 Å². The van der Waals surface area contributed by atoms with Crippen molar-refractivity contribution in [1.82, 2.24) is 10.2 Å². The Kier molecular flexibility index (Phi) is 7.19. The lowest BCUT2D eigenvalue weighted by Gasteiger charge is -2.46. The first-order valence-electron chi connectivity index (χ1n) is 9.28. The van der Waals surface area contributed by atoms with Crippen LogP contribution in [-0.4, -0.2) is 58.2 Å². The molecule has 1 aromatic rings. The number of benzene rings is 1. The second-order valence-electron chi connectivity index (χ2n) is 7.74. The molecule has 0 aromatic heterocycles. The molecule has 1 fully saturated rings. The molecule has 0 spiro atoms. The Morgan fingerprint density at radius 1 is 1.17 bits per heavy atom. The fraction of sp³-hybridized carbons (Fsp3) is 0.500. The van der Waals surface area contributed by atoms with Crippen molar-refractivity contribution in [3.05, 3.63) is 35.9 Å². The van der Waals surface area contributed by atoms with Gasteiger partial charge in [0, 0.05) is 6.42 Å². The van der Waals surface area contributed by atoms with Gasteiger partial charge in [-0.1, -0.05) is 30.3 Å². The number of alkyl carbamates (subject to hydrolysis) is 1. The Labute approximate surface area is 169 Å². The van der Waals surface area contributed by atoms with Crippen LogP contribution in [0.25, 0.3) is 0 Å². The summed E-state index contributed by atoms with van der Waals surface area (Å²) in [5.74, 6) is -2.12. The van der Waals surface area contributed by atoms with Crippen LogP contribution in [-0.2, 0) is 30.5 Å². The minimum absolute atomic E-state index is 0.0367. The fourth-order valence-corrected chi connectivity index (χ4v) is 2.96. The highest BCUT2D eigenvalue weighted by molar-refractivity contribution is 5.94. The first-order valence-corrected chi connectivity index (χ1v) is 9.28. The number of likely N-dealkylation sites (tertiary alicyclic amines) is 1. The maximum Gasteiger partial charge on any atom is 0.408 e. The molecule has 2 atom stereocenters. The van der Waals surface area contributed by atoms with Gasteiger partial charge in [0.2, 0.25) is 5.91 Å². The smallest absolute Gasteiger partial charge is 0.408 e. The highest BCUT2D eigenvalue weighted by atomic mass is 16.6. The van der Waals surface area contributed by atoms with Crippen LogP contribution in [0.4, 0.5) is 4.79 Å². The van der Waals surface area contributed by atoms with Crippen LogP contribution in [0, 0.1) is 0 Å². The largest absolute Gasteiger partial charge is 0.481 e. The van der Waals surface area contributed by atoms with Gasteiger partial charge in [-0.3, -0.25) is 14.4 Å². The highest BCUT2D eigenvalue weighted by Crippen LogP contribution is 2.25. The maximum absolute atomic E-state index is 12.4. The monoisotopic (exact) mass is 406 g/mol. The summed E-state index contributed by atoms with van der Waals surface area (Å²) >= 11 is 0. The van der Waals surface area contributed by atoms with E-state index in [2.05, 4.69) is 5.32 Å². The number of ether oxygens (including phenoxy) is 2. The van der Waals surface area contributed by atoms with Gasteiger partial charge in [0.15, 0.2) is 0 Å². The maximum atomic E-state index is 12.4. The van der Waals surface area contributed by atoms with E-state index in [0.717, 1.165) is 5.56 Å². The van der Waals surface area contributed by atoms with E-state index in [1.165, 1.54) is 4.90 Å². The summed E-state index contributed by atoms with van der Waals surface area (Å²) in [4.78, 5) is 48.7. The minimum atomic E-state index is -1.04. The normalized spacial score (nSPS) is 18.6. The fourth-order valence-electron chi connectivity index (χ4n) is 2.96. The molecular weight excluding hydrogens is 380 g/mol. The molecule has 1 heterocycles. The van der Waals surface area contributed by atoms with E-state index in [9.17, 15) is 19.2 Å². The number of amides is 2.